The van der Waals surface area contributed by atoms with Gasteiger partial charge in [0.2, 0.25) is 0 Å². The summed E-state index contributed by atoms with van der Waals surface area (Å²) in [4.78, 5) is 13.6. The van der Waals surface area contributed by atoms with Crippen molar-refractivity contribution in [3.8, 4) is 0 Å². The van der Waals surface area contributed by atoms with Crippen molar-refractivity contribution in [2.45, 2.75) is 13.8 Å². The van der Waals surface area contributed by atoms with Crippen LogP contribution in [0.4, 0.5) is 0 Å². The Balaban J connectivity index is 2.10. The van der Waals surface area contributed by atoms with Crippen molar-refractivity contribution in [1.82, 2.24) is 10.2 Å². The molecular weight excluding hydrogens is 266 g/mol. The van der Waals surface area contributed by atoms with Crippen LogP contribution in [-0.2, 0) is 14.8 Å². The lowest BCUT2D eigenvalue weighted by atomic mass is 10.1. The molecule has 0 aromatic rings. The van der Waals surface area contributed by atoms with Crippen LogP contribution in [0, 0.1) is 5.92 Å². The molecule has 6 nitrogen and oxygen atoms in total. The standard InChI is InChI=1S/C12H17N3O3S/c1-9(2)7-13-12(16)10-3-4-11-14-19(17,18)6-5-15(11)8-10/h3-4,8-9H,5-7H2,1-2H3,(H,13,16). The monoisotopic (exact) mass is 283 g/mol. The average molecular weight is 283 g/mol. The molecule has 2 rings (SSSR count). The fraction of sp³-hybridized carbons (Fsp3) is 0.500. The minimum Gasteiger partial charge on any atom is -0.352 e. The highest BCUT2D eigenvalue weighted by atomic mass is 32.2. The van der Waals surface area contributed by atoms with Crippen LogP contribution in [0.5, 0.6) is 0 Å². The highest BCUT2D eigenvalue weighted by Crippen LogP contribution is 2.15. The SMILES string of the molecule is CC(C)CNC(=O)C1=CN2CCS(=O)(=O)N=C2C=C1. The van der Waals surface area contributed by atoms with Gasteiger partial charge in [0.05, 0.1) is 11.3 Å². The van der Waals surface area contributed by atoms with Crippen molar-refractivity contribution in [2.75, 3.05) is 18.8 Å². The number of rotatable bonds is 3. The second-order valence-corrected chi connectivity index (χ2v) is 6.71. The Morgan fingerprint density at radius 3 is 2.89 bits per heavy atom. The molecule has 19 heavy (non-hydrogen) atoms. The second-order valence-electron chi connectivity index (χ2n) is 4.95. The van der Waals surface area contributed by atoms with Gasteiger partial charge in [0.25, 0.3) is 15.9 Å². The number of sulfonamides is 1. The predicted octanol–water partition coefficient (Wildman–Crippen LogP) is 0.256. The molecule has 0 aromatic carbocycles. The van der Waals surface area contributed by atoms with E-state index in [-0.39, 0.29) is 11.7 Å². The fourth-order valence-corrected chi connectivity index (χ4v) is 2.70. The second kappa shape index (κ2) is 5.16. The van der Waals surface area contributed by atoms with Crippen LogP contribution in [0.3, 0.4) is 0 Å². The maximum Gasteiger partial charge on any atom is 0.256 e. The molecule has 104 valence electrons. The number of carbonyl (C=O) groups is 1. The van der Waals surface area contributed by atoms with E-state index in [1.165, 1.54) is 0 Å². The highest BCUT2D eigenvalue weighted by Gasteiger charge is 2.24. The molecule has 2 heterocycles. The van der Waals surface area contributed by atoms with Crippen molar-refractivity contribution in [2.24, 2.45) is 10.3 Å². The van der Waals surface area contributed by atoms with Gasteiger partial charge in [0, 0.05) is 19.3 Å². The van der Waals surface area contributed by atoms with Crippen LogP contribution < -0.4 is 5.32 Å². The van der Waals surface area contributed by atoms with Crippen molar-refractivity contribution < 1.29 is 13.2 Å². The third kappa shape index (κ3) is 3.44. The zero-order chi connectivity index (χ0) is 14.0. The zero-order valence-electron chi connectivity index (χ0n) is 11.0. The summed E-state index contributed by atoms with van der Waals surface area (Å²) in [7, 11) is -3.35. The Morgan fingerprint density at radius 1 is 1.47 bits per heavy atom. The van der Waals surface area contributed by atoms with E-state index in [0.29, 0.717) is 30.4 Å². The van der Waals surface area contributed by atoms with Gasteiger partial charge in [-0.15, -0.1) is 4.40 Å². The molecule has 0 saturated heterocycles. The van der Waals surface area contributed by atoms with E-state index in [1.54, 1.807) is 23.3 Å². The number of carbonyl (C=O) groups excluding carboxylic acids is 1. The third-order valence-corrected chi connectivity index (χ3v) is 3.92. The Bertz CT molecular complexity index is 573. The van der Waals surface area contributed by atoms with Gasteiger partial charge in [-0.2, -0.15) is 0 Å². The van der Waals surface area contributed by atoms with E-state index in [2.05, 4.69) is 9.71 Å². The summed E-state index contributed by atoms with van der Waals surface area (Å²) in [6.07, 6.45) is 4.79. The van der Waals surface area contributed by atoms with Gasteiger partial charge in [-0.05, 0) is 18.1 Å². The lowest BCUT2D eigenvalue weighted by molar-refractivity contribution is -0.117. The molecule has 0 fully saturated rings. The van der Waals surface area contributed by atoms with Crippen LogP contribution in [0.1, 0.15) is 13.8 Å². The topological polar surface area (TPSA) is 78.8 Å². The van der Waals surface area contributed by atoms with Gasteiger partial charge in [-0.25, -0.2) is 8.42 Å². The molecule has 0 saturated carbocycles. The lowest BCUT2D eigenvalue weighted by Gasteiger charge is -2.27. The molecule has 2 aliphatic heterocycles. The van der Waals surface area contributed by atoms with Crippen LogP contribution >= 0.6 is 0 Å². The van der Waals surface area contributed by atoms with Gasteiger partial charge >= 0.3 is 0 Å². The number of amidine groups is 1. The fourth-order valence-electron chi connectivity index (χ4n) is 1.73. The van der Waals surface area contributed by atoms with Gasteiger partial charge in [-0.3, -0.25) is 4.79 Å². The molecule has 0 radical (unpaired) electrons. The first-order valence-electron chi connectivity index (χ1n) is 6.15. The molecule has 0 spiro atoms. The molecule has 2 aliphatic rings. The first kappa shape index (κ1) is 13.8. The number of amides is 1. The average Bonchev–Trinajstić information content (AvgIpc) is 2.34. The molecule has 0 aromatic heterocycles. The van der Waals surface area contributed by atoms with Gasteiger partial charge < -0.3 is 10.2 Å². The number of nitrogens with zero attached hydrogens (tertiary/aromatic N) is 2. The molecule has 7 heteroatoms. The number of nitrogens with one attached hydrogen (secondary N) is 1. The van der Waals surface area contributed by atoms with Crippen molar-refractivity contribution in [1.29, 1.82) is 0 Å². The van der Waals surface area contributed by atoms with Crippen molar-refractivity contribution in [3.63, 3.8) is 0 Å². The molecule has 0 unspecified atom stereocenters. The molecule has 0 atom stereocenters. The summed E-state index contributed by atoms with van der Waals surface area (Å²) in [6.45, 7) is 4.98. The van der Waals surface area contributed by atoms with Crippen LogP contribution in [-0.4, -0.2) is 43.9 Å². The van der Waals surface area contributed by atoms with Crippen molar-refractivity contribution >= 4 is 21.8 Å². The summed E-state index contributed by atoms with van der Waals surface area (Å²) in [5.41, 5.74) is 0.513. The van der Waals surface area contributed by atoms with Crippen molar-refractivity contribution in [3.05, 3.63) is 23.9 Å². The normalized spacial score (nSPS) is 20.7. The van der Waals surface area contributed by atoms with E-state index < -0.39 is 10.0 Å². The first-order valence-corrected chi connectivity index (χ1v) is 7.76. The lowest BCUT2D eigenvalue weighted by Crippen LogP contribution is -2.38. The Kier molecular flexibility index (Phi) is 3.75. The molecular formula is C12H17N3O3S. The number of hydrogen-bond acceptors (Lipinski definition) is 4. The smallest absolute Gasteiger partial charge is 0.256 e. The predicted molar refractivity (Wildman–Crippen MR) is 73.0 cm³/mol. The molecule has 0 aliphatic carbocycles. The Morgan fingerprint density at radius 2 is 2.21 bits per heavy atom. The third-order valence-electron chi connectivity index (χ3n) is 2.76. The number of fused-ring (bicyclic) bond motifs is 1. The van der Waals surface area contributed by atoms with E-state index in [4.69, 9.17) is 0 Å². The van der Waals surface area contributed by atoms with Gasteiger partial charge in [0.15, 0.2) is 0 Å². The van der Waals surface area contributed by atoms with E-state index in [0.717, 1.165) is 0 Å². The van der Waals surface area contributed by atoms with Gasteiger partial charge in [0.1, 0.15) is 5.84 Å². The Labute approximate surface area is 112 Å². The van der Waals surface area contributed by atoms with Crippen LogP contribution in [0.15, 0.2) is 28.3 Å². The summed E-state index contributed by atoms with van der Waals surface area (Å²) in [5.74, 6) is 0.570. The highest BCUT2D eigenvalue weighted by molar-refractivity contribution is 7.90. The number of hydrogen-bond donors (Lipinski definition) is 1. The summed E-state index contributed by atoms with van der Waals surface area (Å²) in [6, 6.07) is 0. The van der Waals surface area contributed by atoms with E-state index >= 15 is 0 Å². The summed E-state index contributed by atoms with van der Waals surface area (Å²) < 4.78 is 26.4. The molecule has 1 N–H and O–H groups in total. The van der Waals surface area contributed by atoms with Gasteiger partial charge in [-0.1, -0.05) is 13.8 Å². The van der Waals surface area contributed by atoms with Crippen LogP contribution in [0.25, 0.3) is 0 Å². The quantitative estimate of drug-likeness (QED) is 0.805. The van der Waals surface area contributed by atoms with E-state index in [9.17, 15) is 13.2 Å². The first-order chi connectivity index (χ1) is 8.87. The maximum absolute atomic E-state index is 11.9. The largest absolute Gasteiger partial charge is 0.352 e. The Hall–Kier alpha value is -1.63. The molecule has 1 amide bonds. The van der Waals surface area contributed by atoms with Crippen LogP contribution in [0.2, 0.25) is 0 Å². The van der Waals surface area contributed by atoms with E-state index in [1.807, 2.05) is 13.8 Å². The minimum absolute atomic E-state index is 0.0261. The summed E-state index contributed by atoms with van der Waals surface area (Å²) in [5, 5.41) is 2.82. The maximum atomic E-state index is 11.9. The molecule has 0 bridgehead atoms. The minimum atomic E-state index is -3.35. The zero-order valence-corrected chi connectivity index (χ0v) is 11.8. The summed E-state index contributed by atoms with van der Waals surface area (Å²) >= 11 is 0.